The van der Waals surface area contributed by atoms with E-state index in [0.717, 1.165) is 22.3 Å². The summed E-state index contributed by atoms with van der Waals surface area (Å²) in [7, 11) is 0. The third-order valence-electron chi connectivity index (χ3n) is 4.61. The summed E-state index contributed by atoms with van der Waals surface area (Å²) in [5, 5.41) is 0. The van der Waals surface area contributed by atoms with Gasteiger partial charge in [-0.15, -0.1) is 0 Å². The van der Waals surface area contributed by atoms with Crippen LogP contribution in [0.1, 0.15) is 31.8 Å². The van der Waals surface area contributed by atoms with E-state index in [2.05, 4.69) is 0 Å². The minimum atomic E-state index is 0.0832. The van der Waals surface area contributed by atoms with Crippen molar-refractivity contribution in [1.82, 2.24) is 9.80 Å². The van der Waals surface area contributed by atoms with Crippen molar-refractivity contribution >= 4 is 11.8 Å². The molecule has 2 aliphatic rings. The van der Waals surface area contributed by atoms with Gasteiger partial charge < -0.3 is 9.80 Å². The molecule has 0 radical (unpaired) electrons. The molecule has 0 unspecified atom stereocenters. The Labute approximate surface area is 141 Å². The first-order chi connectivity index (χ1) is 11.7. The van der Waals surface area contributed by atoms with Crippen LogP contribution in [0.2, 0.25) is 0 Å². The molecule has 24 heavy (non-hydrogen) atoms. The second kappa shape index (κ2) is 5.96. The van der Waals surface area contributed by atoms with Gasteiger partial charge in [0.25, 0.3) is 11.8 Å². The largest absolute Gasteiger partial charge is 0.331 e. The van der Waals surface area contributed by atoms with Crippen molar-refractivity contribution in [2.75, 3.05) is 13.1 Å². The highest BCUT2D eigenvalue weighted by Crippen LogP contribution is 2.23. The number of carbonyl (C=O) groups is 2. The first-order valence-electron chi connectivity index (χ1n) is 8.13. The highest BCUT2D eigenvalue weighted by molar-refractivity contribution is 5.99. The fourth-order valence-corrected chi connectivity index (χ4v) is 3.33. The lowest BCUT2D eigenvalue weighted by molar-refractivity contribution is 0.0783. The molecule has 0 spiro atoms. The molecule has 2 heterocycles. The Morgan fingerprint density at radius 2 is 1.12 bits per heavy atom. The average Bonchev–Trinajstić information content (AvgIpc) is 3.10. The zero-order valence-corrected chi connectivity index (χ0v) is 13.3. The molecule has 0 saturated carbocycles. The van der Waals surface area contributed by atoms with Gasteiger partial charge in [0.2, 0.25) is 0 Å². The highest BCUT2D eigenvalue weighted by atomic mass is 16.2. The number of amides is 2. The van der Waals surface area contributed by atoms with Crippen molar-refractivity contribution in [2.24, 2.45) is 0 Å². The summed E-state index contributed by atoms with van der Waals surface area (Å²) < 4.78 is 0. The normalized spacial score (nSPS) is 16.2. The van der Waals surface area contributed by atoms with E-state index < -0.39 is 0 Å². The molecule has 0 fully saturated rings. The Morgan fingerprint density at radius 1 is 0.708 bits per heavy atom. The number of hydrogen-bond donors (Lipinski definition) is 0. The van der Waals surface area contributed by atoms with E-state index in [1.165, 1.54) is 0 Å². The van der Waals surface area contributed by atoms with Crippen LogP contribution < -0.4 is 0 Å². The van der Waals surface area contributed by atoms with Crippen LogP contribution in [0.4, 0.5) is 0 Å². The van der Waals surface area contributed by atoms with E-state index in [-0.39, 0.29) is 11.8 Å². The molecule has 0 N–H and O–H groups in total. The van der Waals surface area contributed by atoms with E-state index in [1.807, 2.05) is 70.5 Å². The number of nitrogens with zero attached hydrogens (tertiary/aromatic N) is 2. The number of carbonyl (C=O) groups excluding carboxylic acids is 2. The molecule has 2 aromatic carbocycles. The number of fused-ring (bicyclic) bond motifs is 2. The second-order valence-electron chi connectivity index (χ2n) is 6.16. The van der Waals surface area contributed by atoms with Gasteiger partial charge in [0.1, 0.15) is 0 Å². The molecule has 2 aliphatic heterocycles. The summed E-state index contributed by atoms with van der Waals surface area (Å²) in [5.41, 5.74) is 3.77. The molecule has 120 valence electrons. The highest BCUT2D eigenvalue weighted by Gasteiger charge is 2.26. The van der Waals surface area contributed by atoms with Crippen molar-refractivity contribution in [2.45, 2.75) is 13.1 Å². The quantitative estimate of drug-likeness (QED) is 0.813. The zero-order valence-electron chi connectivity index (χ0n) is 13.3. The number of benzene rings is 2. The summed E-state index contributed by atoms with van der Waals surface area (Å²) in [5.74, 6) is 0.166. The van der Waals surface area contributed by atoms with Gasteiger partial charge in [-0.3, -0.25) is 9.59 Å². The Kier molecular flexibility index (Phi) is 3.65. The Bertz CT molecular complexity index is 772. The van der Waals surface area contributed by atoms with Crippen molar-refractivity contribution < 1.29 is 9.59 Å². The van der Waals surface area contributed by atoms with Gasteiger partial charge in [0.15, 0.2) is 0 Å². The van der Waals surface area contributed by atoms with Gasteiger partial charge in [-0.25, -0.2) is 0 Å². The summed E-state index contributed by atoms with van der Waals surface area (Å²) in [6, 6.07) is 15.5. The van der Waals surface area contributed by atoms with Crippen LogP contribution in [0, 0.1) is 0 Å². The first kappa shape index (κ1) is 14.7. The van der Waals surface area contributed by atoms with Gasteiger partial charge in [-0.05, 0) is 23.3 Å². The molecule has 2 aromatic rings. The van der Waals surface area contributed by atoms with E-state index in [4.69, 9.17) is 0 Å². The van der Waals surface area contributed by atoms with Crippen LogP contribution in [0.15, 0.2) is 60.7 Å². The van der Waals surface area contributed by atoms with Crippen LogP contribution in [-0.2, 0) is 13.1 Å². The lowest BCUT2D eigenvalue weighted by atomic mass is 10.1. The lowest BCUT2D eigenvalue weighted by Gasteiger charge is -2.14. The summed E-state index contributed by atoms with van der Waals surface area (Å²) in [6.45, 7) is 2.46. The maximum atomic E-state index is 12.3. The molecule has 4 nitrogen and oxygen atoms in total. The van der Waals surface area contributed by atoms with Crippen LogP contribution in [0.25, 0.3) is 0 Å². The lowest BCUT2D eigenvalue weighted by Crippen LogP contribution is -2.25. The fourth-order valence-electron chi connectivity index (χ4n) is 3.33. The SMILES string of the molecule is O=C1c2ccccc2CN1CC=CCN1Cc2ccccc2C1=O. The van der Waals surface area contributed by atoms with E-state index >= 15 is 0 Å². The monoisotopic (exact) mass is 318 g/mol. The predicted octanol–water partition coefficient (Wildman–Crippen LogP) is 2.85. The minimum Gasteiger partial charge on any atom is -0.331 e. The molecule has 0 aliphatic carbocycles. The molecule has 2 amide bonds. The van der Waals surface area contributed by atoms with Gasteiger partial charge >= 0.3 is 0 Å². The van der Waals surface area contributed by atoms with Crippen molar-refractivity contribution in [1.29, 1.82) is 0 Å². The van der Waals surface area contributed by atoms with E-state index in [1.54, 1.807) is 0 Å². The molecule has 4 rings (SSSR count). The van der Waals surface area contributed by atoms with Gasteiger partial charge in [-0.2, -0.15) is 0 Å². The number of hydrogen-bond acceptors (Lipinski definition) is 2. The maximum absolute atomic E-state index is 12.3. The van der Waals surface area contributed by atoms with Crippen molar-refractivity contribution in [3.63, 3.8) is 0 Å². The molecule has 0 saturated heterocycles. The third-order valence-corrected chi connectivity index (χ3v) is 4.61. The standard InChI is InChI=1S/C20H18N2O2/c23-19-17-9-3-1-7-15(17)13-21(19)11-5-6-12-22-14-16-8-2-4-10-18(16)20(22)24/h1-10H,11-14H2. The number of rotatable bonds is 4. The van der Waals surface area contributed by atoms with Gasteiger partial charge in [0, 0.05) is 37.3 Å². The third kappa shape index (κ3) is 2.50. The topological polar surface area (TPSA) is 40.6 Å². The van der Waals surface area contributed by atoms with Crippen LogP contribution in [0.3, 0.4) is 0 Å². The average molecular weight is 318 g/mol. The second-order valence-corrected chi connectivity index (χ2v) is 6.16. The first-order valence-corrected chi connectivity index (χ1v) is 8.13. The van der Waals surface area contributed by atoms with Gasteiger partial charge in [-0.1, -0.05) is 48.6 Å². The predicted molar refractivity (Wildman–Crippen MR) is 91.5 cm³/mol. The summed E-state index contributed by atoms with van der Waals surface area (Å²) >= 11 is 0. The van der Waals surface area contributed by atoms with Crippen molar-refractivity contribution in [3.8, 4) is 0 Å². The molecule has 0 aromatic heterocycles. The van der Waals surface area contributed by atoms with Crippen LogP contribution in [0.5, 0.6) is 0 Å². The smallest absolute Gasteiger partial charge is 0.254 e. The van der Waals surface area contributed by atoms with E-state index in [9.17, 15) is 9.59 Å². The molecule has 0 bridgehead atoms. The minimum absolute atomic E-state index is 0.0832. The van der Waals surface area contributed by atoms with Crippen molar-refractivity contribution in [3.05, 3.63) is 82.9 Å². The van der Waals surface area contributed by atoms with Crippen LogP contribution in [-0.4, -0.2) is 34.7 Å². The summed E-state index contributed by atoms with van der Waals surface area (Å²) in [6.07, 6.45) is 3.94. The molecular formula is C20H18N2O2. The molecular weight excluding hydrogens is 300 g/mol. The molecule has 4 heteroatoms. The summed E-state index contributed by atoms with van der Waals surface area (Å²) in [4.78, 5) is 28.2. The Hall–Kier alpha value is -2.88. The molecule has 0 atom stereocenters. The van der Waals surface area contributed by atoms with Crippen LogP contribution >= 0.6 is 0 Å². The fraction of sp³-hybridized carbons (Fsp3) is 0.200. The van der Waals surface area contributed by atoms with E-state index in [0.29, 0.717) is 26.2 Å². The Morgan fingerprint density at radius 3 is 1.54 bits per heavy atom. The Balaban J connectivity index is 1.34. The zero-order chi connectivity index (χ0) is 16.5. The van der Waals surface area contributed by atoms with Gasteiger partial charge in [0.05, 0.1) is 0 Å². The maximum Gasteiger partial charge on any atom is 0.254 e.